The summed E-state index contributed by atoms with van der Waals surface area (Å²) in [6.07, 6.45) is 0. The van der Waals surface area contributed by atoms with E-state index >= 15 is 0 Å². The number of carbonyl (C=O) groups excluding carboxylic acids is 1. The fraction of sp³-hybridized carbons (Fsp3) is 0.381. The Morgan fingerprint density at radius 1 is 1.08 bits per heavy atom. The molecule has 0 aliphatic carbocycles. The van der Waals surface area contributed by atoms with Crippen molar-refractivity contribution in [3.8, 4) is 11.5 Å². The average Bonchev–Trinajstić information content (AvgIpc) is 2.59. The Labute approximate surface area is 150 Å². The first-order valence-electron chi connectivity index (χ1n) is 8.57. The molecule has 0 unspecified atom stereocenters. The van der Waals surface area contributed by atoms with Gasteiger partial charge in [-0.2, -0.15) is 0 Å². The molecular weight excluding hydrogens is 314 g/mol. The predicted octanol–water partition coefficient (Wildman–Crippen LogP) is 4.38. The van der Waals surface area contributed by atoms with Crippen molar-refractivity contribution in [2.45, 2.75) is 39.7 Å². The van der Waals surface area contributed by atoms with Crippen LogP contribution in [0, 0.1) is 6.92 Å². The van der Waals surface area contributed by atoms with E-state index in [1.54, 1.807) is 7.11 Å². The number of benzene rings is 2. The second-order valence-corrected chi connectivity index (χ2v) is 6.55. The van der Waals surface area contributed by atoms with E-state index in [-0.39, 0.29) is 18.6 Å². The van der Waals surface area contributed by atoms with Crippen molar-refractivity contribution in [1.82, 2.24) is 5.32 Å². The van der Waals surface area contributed by atoms with Crippen LogP contribution in [0.15, 0.2) is 42.5 Å². The molecule has 2 rings (SSSR count). The summed E-state index contributed by atoms with van der Waals surface area (Å²) in [7, 11) is 1.63. The Balaban J connectivity index is 1.95. The van der Waals surface area contributed by atoms with Crippen LogP contribution in [0.25, 0.3) is 0 Å². The number of nitrogens with one attached hydrogen (secondary N) is 1. The zero-order valence-electron chi connectivity index (χ0n) is 15.6. The fourth-order valence-electron chi connectivity index (χ4n) is 2.65. The third kappa shape index (κ3) is 5.24. The predicted molar refractivity (Wildman–Crippen MR) is 100 cm³/mol. The number of methoxy groups -OCH3 is 1. The molecule has 0 radical (unpaired) electrons. The Hall–Kier alpha value is -2.49. The number of amides is 1. The van der Waals surface area contributed by atoms with Crippen LogP contribution < -0.4 is 14.8 Å². The number of rotatable bonds is 7. The maximum absolute atomic E-state index is 12.2. The van der Waals surface area contributed by atoms with Crippen molar-refractivity contribution >= 4 is 5.91 Å². The summed E-state index contributed by atoms with van der Waals surface area (Å²) >= 11 is 0. The smallest absolute Gasteiger partial charge is 0.258 e. The zero-order chi connectivity index (χ0) is 18.4. The van der Waals surface area contributed by atoms with Gasteiger partial charge in [0.15, 0.2) is 6.61 Å². The quantitative estimate of drug-likeness (QED) is 0.813. The topological polar surface area (TPSA) is 47.6 Å². The third-order valence-electron chi connectivity index (χ3n) is 4.14. The van der Waals surface area contributed by atoms with E-state index in [0.29, 0.717) is 5.92 Å². The summed E-state index contributed by atoms with van der Waals surface area (Å²) in [6, 6.07) is 13.7. The highest BCUT2D eigenvalue weighted by molar-refractivity contribution is 5.78. The van der Waals surface area contributed by atoms with E-state index in [0.717, 1.165) is 28.2 Å². The van der Waals surface area contributed by atoms with Gasteiger partial charge in [0.1, 0.15) is 11.5 Å². The van der Waals surface area contributed by atoms with E-state index < -0.39 is 0 Å². The number of aryl methyl sites for hydroxylation is 1. The van der Waals surface area contributed by atoms with Gasteiger partial charge < -0.3 is 14.8 Å². The molecule has 2 aromatic carbocycles. The van der Waals surface area contributed by atoms with Crippen LogP contribution in [0.3, 0.4) is 0 Å². The lowest BCUT2D eigenvalue weighted by Crippen LogP contribution is -2.31. The number of hydrogen-bond acceptors (Lipinski definition) is 3. The summed E-state index contributed by atoms with van der Waals surface area (Å²) in [5.74, 6) is 1.78. The van der Waals surface area contributed by atoms with Gasteiger partial charge in [0.2, 0.25) is 0 Å². The fourth-order valence-corrected chi connectivity index (χ4v) is 2.65. The van der Waals surface area contributed by atoms with Crippen LogP contribution in [0.2, 0.25) is 0 Å². The van der Waals surface area contributed by atoms with Crippen LogP contribution in [-0.4, -0.2) is 19.6 Å². The maximum atomic E-state index is 12.2. The van der Waals surface area contributed by atoms with Crippen LogP contribution in [0.4, 0.5) is 0 Å². The van der Waals surface area contributed by atoms with Gasteiger partial charge in [0.05, 0.1) is 13.2 Å². The summed E-state index contributed by atoms with van der Waals surface area (Å²) in [6.45, 7) is 8.20. The van der Waals surface area contributed by atoms with Crippen molar-refractivity contribution < 1.29 is 14.3 Å². The van der Waals surface area contributed by atoms with Gasteiger partial charge in [-0.3, -0.25) is 4.79 Å². The molecular formula is C21H27NO3. The lowest BCUT2D eigenvalue weighted by atomic mass is 10.0. The van der Waals surface area contributed by atoms with Crippen LogP contribution in [-0.2, 0) is 4.79 Å². The van der Waals surface area contributed by atoms with Gasteiger partial charge in [0, 0.05) is 0 Å². The molecule has 0 heterocycles. The first kappa shape index (κ1) is 18.8. The number of carbonyl (C=O) groups is 1. The molecule has 0 aliphatic rings. The molecule has 0 saturated heterocycles. The molecule has 1 amide bonds. The van der Waals surface area contributed by atoms with Crippen molar-refractivity contribution in [2.75, 3.05) is 13.7 Å². The van der Waals surface area contributed by atoms with E-state index in [1.165, 1.54) is 0 Å². The average molecular weight is 341 g/mol. The zero-order valence-corrected chi connectivity index (χ0v) is 15.6. The molecule has 1 atom stereocenters. The minimum absolute atomic E-state index is 0.00364. The molecule has 1 N–H and O–H groups in total. The molecule has 134 valence electrons. The summed E-state index contributed by atoms with van der Waals surface area (Å²) in [5, 5.41) is 2.96. The van der Waals surface area contributed by atoms with E-state index in [2.05, 4.69) is 31.3 Å². The number of hydrogen-bond donors (Lipinski definition) is 1. The van der Waals surface area contributed by atoms with Crippen molar-refractivity contribution in [3.05, 3.63) is 59.2 Å². The molecule has 0 bridgehead atoms. The van der Waals surface area contributed by atoms with Gasteiger partial charge in [-0.15, -0.1) is 0 Å². The van der Waals surface area contributed by atoms with E-state index in [9.17, 15) is 4.79 Å². The largest absolute Gasteiger partial charge is 0.497 e. The Kier molecular flexibility index (Phi) is 6.45. The normalized spacial score (nSPS) is 11.9. The highest BCUT2D eigenvalue weighted by Gasteiger charge is 2.13. The molecule has 2 aromatic rings. The van der Waals surface area contributed by atoms with Gasteiger partial charge in [-0.05, 0) is 54.7 Å². The van der Waals surface area contributed by atoms with Crippen LogP contribution >= 0.6 is 0 Å². The third-order valence-corrected chi connectivity index (χ3v) is 4.14. The van der Waals surface area contributed by atoms with Crippen LogP contribution in [0.5, 0.6) is 11.5 Å². The van der Waals surface area contributed by atoms with Crippen molar-refractivity contribution in [3.63, 3.8) is 0 Å². The summed E-state index contributed by atoms with van der Waals surface area (Å²) in [4.78, 5) is 12.2. The minimum Gasteiger partial charge on any atom is -0.497 e. The Bertz CT molecular complexity index is 708. The minimum atomic E-state index is -0.139. The van der Waals surface area contributed by atoms with Crippen molar-refractivity contribution in [2.24, 2.45) is 0 Å². The SMILES string of the molecule is COc1ccc([C@@H](C)NC(=O)COc2cc(C)ccc2C(C)C)cc1. The van der Waals surface area contributed by atoms with Crippen molar-refractivity contribution in [1.29, 1.82) is 0 Å². The lowest BCUT2D eigenvalue weighted by molar-refractivity contribution is -0.123. The first-order valence-corrected chi connectivity index (χ1v) is 8.57. The molecule has 4 nitrogen and oxygen atoms in total. The van der Waals surface area contributed by atoms with Gasteiger partial charge in [-0.25, -0.2) is 0 Å². The summed E-state index contributed by atoms with van der Waals surface area (Å²) < 4.78 is 10.9. The molecule has 0 aliphatic heterocycles. The molecule has 0 fully saturated rings. The Morgan fingerprint density at radius 3 is 2.36 bits per heavy atom. The second-order valence-electron chi connectivity index (χ2n) is 6.55. The molecule has 0 spiro atoms. The highest BCUT2D eigenvalue weighted by atomic mass is 16.5. The Morgan fingerprint density at radius 2 is 1.76 bits per heavy atom. The first-order chi connectivity index (χ1) is 11.9. The molecule has 0 saturated carbocycles. The molecule has 4 heteroatoms. The van der Waals surface area contributed by atoms with Crippen LogP contribution in [0.1, 0.15) is 49.4 Å². The lowest BCUT2D eigenvalue weighted by Gasteiger charge is -2.17. The van der Waals surface area contributed by atoms with E-state index in [1.807, 2.05) is 44.2 Å². The standard InChI is InChI=1S/C21H27NO3/c1-14(2)19-11-6-15(3)12-20(19)25-13-21(23)22-16(4)17-7-9-18(24-5)10-8-17/h6-12,14,16H,13H2,1-5H3,(H,22,23)/t16-/m1/s1. The molecule has 25 heavy (non-hydrogen) atoms. The monoisotopic (exact) mass is 341 g/mol. The maximum Gasteiger partial charge on any atom is 0.258 e. The van der Waals surface area contributed by atoms with Gasteiger partial charge in [-0.1, -0.05) is 38.1 Å². The summed E-state index contributed by atoms with van der Waals surface area (Å²) in [5.41, 5.74) is 3.25. The van der Waals surface area contributed by atoms with Gasteiger partial charge in [0.25, 0.3) is 5.91 Å². The van der Waals surface area contributed by atoms with Gasteiger partial charge >= 0.3 is 0 Å². The molecule has 0 aromatic heterocycles. The second kappa shape index (κ2) is 8.56. The highest BCUT2D eigenvalue weighted by Crippen LogP contribution is 2.27. The van der Waals surface area contributed by atoms with E-state index in [4.69, 9.17) is 9.47 Å². The number of ether oxygens (including phenoxy) is 2.